The summed E-state index contributed by atoms with van der Waals surface area (Å²) in [5.41, 5.74) is 1.05. The molecule has 2 rings (SSSR count). The molecule has 2 aromatic heterocycles. The van der Waals surface area contributed by atoms with Crippen LogP contribution in [0.2, 0.25) is 0 Å². The smallest absolute Gasteiger partial charge is 0.203 e. The van der Waals surface area contributed by atoms with E-state index in [4.69, 9.17) is 0 Å². The van der Waals surface area contributed by atoms with Crippen molar-refractivity contribution in [3.8, 4) is 0 Å². The Balaban J connectivity index is 1.89. The van der Waals surface area contributed by atoms with Gasteiger partial charge in [-0.3, -0.25) is 0 Å². The normalized spacial score (nSPS) is 10.6. The molecule has 0 aromatic carbocycles. The minimum Gasteiger partial charge on any atom is -0.354 e. The first-order valence-corrected chi connectivity index (χ1v) is 5.53. The van der Waals surface area contributed by atoms with Gasteiger partial charge in [0.25, 0.3) is 0 Å². The molecular formula is C11H17N5. The molecule has 0 radical (unpaired) electrons. The molecule has 2 aromatic rings. The van der Waals surface area contributed by atoms with Crippen LogP contribution in [0, 0.1) is 6.92 Å². The van der Waals surface area contributed by atoms with Crippen LogP contribution in [0.3, 0.4) is 0 Å². The van der Waals surface area contributed by atoms with E-state index in [0.29, 0.717) is 0 Å². The fraction of sp³-hybridized carbons (Fsp3) is 0.455. The number of anilines is 1. The average molecular weight is 219 g/mol. The lowest BCUT2D eigenvalue weighted by molar-refractivity contribution is 0.708. The molecule has 0 aliphatic carbocycles. The molecule has 0 spiro atoms. The fourth-order valence-corrected chi connectivity index (χ4v) is 1.64. The fourth-order valence-electron chi connectivity index (χ4n) is 1.64. The van der Waals surface area contributed by atoms with E-state index in [-0.39, 0.29) is 0 Å². The van der Waals surface area contributed by atoms with Crippen LogP contribution in [0.15, 0.2) is 24.9 Å². The zero-order valence-electron chi connectivity index (χ0n) is 9.72. The van der Waals surface area contributed by atoms with Crippen LogP contribution in [0.4, 0.5) is 5.95 Å². The number of rotatable bonds is 5. The molecule has 0 aliphatic heterocycles. The quantitative estimate of drug-likeness (QED) is 0.829. The molecule has 0 amide bonds. The maximum Gasteiger partial charge on any atom is 0.203 e. The largest absolute Gasteiger partial charge is 0.354 e. The van der Waals surface area contributed by atoms with E-state index in [1.54, 1.807) is 6.20 Å². The van der Waals surface area contributed by atoms with Crippen LogP contribution in [0.1, 0.15) is 12.6 Å². The average Bonchev–Trinajstić information content (AvgIpc) is 2.88. The molecule has 0 fully saturated rings. The first kappa shape index (κ1) is 10.7. The van der Waals surface area contributed by atoms with Gasteiger partial charge in [-0.2, -0.15) is 0 Å². The van der Waals surface area contributed by atoms with Crippen molar-refractivity contribution in [3.05, 3.63) is 30.6 Å². The number of imidazole rings is 2. The van der Waals surface area contributed by atoms with Crippen LogP contribution in [-0.4, -0.2) is 25.6 Å². The Morgan fingerprint density at radius 2 is 2.31 bits per heavy atom. The lowest BCUT2D eigenvalue weighted by atomic mass is 10.6. The van der Waals surface area contributed by atoms with Crippen LogP contribution in [-0.2, 0) is 13.1 Å². The number of hydrogen-bond donors (Lipinski definition) is 1. The lowest BCUT2D eigenvalue weighted by Gasteiger charge is -2.07. The Kier molecular flexibility index (Phi) is 3.24. The Hall–Kier alpha value is -1.78. The summed E-state index contributed by atoms with van der Waals surface area (Å²) in [6.45, 7) is 6.81. The topological polar surface area (TPSA) is 47.7 Å². The highest BCUT2D eigenvalue weighted by molar-refractivity contribution is 5.28. The van der Waals surface area contributed by atoms with E-state index < -0.39 is 0 Å². The van der Waals surface area contributed by atoms with Gasteiger partial charge in [0.2, 0.25) is 5.95 Å². The van der Waals surface area contributed by atoms with E-state index in [1.807, 2.05) is 24.0 Å². The molecule has 0 bridgehead atoms. The third kappa shape index (κ3) is 2.42. The van der Waals surface area contributed by atoms with Gasteiger partial charge in [-0.1, -0.05) is 0 Å². The number of hydrogen-bond acceptors (Lipinski definition) is 3. The summed E-state index contributed by atoms with van der Waals surface area (Å²) < 4.78 is 4.16. The standard InChI is InChI=1S/C11H17N5/c1-3-16-8-10(2)14-11(16)13-5-7-15-6-4-12-9-15/h4,6,8-9H,3,5,7H2,1-2H3,(H,13,14). The van der Waals surface area contributed by atoms with Crippen molar-refractivity contribution in [3.63, 3.8) is 0 Å². The first-order valence-electron chi connectivity index (χ1n) is 5.53. The van der Waals surface area contributed by atoms with Crippen LogP contribution in [0.25, 0.3) is 0 Å². The highest BCUT2D eigenvalue weighted by Crippen LogP contribution is 2.07. The maximum atomic E-state index is 4.43. The zero-order valence-corrected chi connectivity index (χ0v) is 9.72. The molecule has 16 heavy (non-hydrogen) atoms. The highest BCUT2D eigenvalue weighted by atomic mass is 15.2. The molecule has 1 N–H and O–H groups in total. The predicted octanol–water partition coefficient (Wildman–Crippen LogP) is 1.52. The monoisotopic (exact) mass is 219 g/mol. The van der Waals surface area contributed by atoms with Crippen molar-refractivity contribution >= 4 is 5.95 Å². The van der Waals surface area contributed by atoms with Gasteiger partial charge in [0.05, 0.1) is 12.0 Å². The molecule has 86 valence electrons. The summed E-state index contributed by atoms with van der Waals surface area (Å²) in [4.78, 5) is 8.43. The Morgan fingerprint density at radius 1 is 1.44 bits per heavy atom. The van der Waals surface area contributed by atoms with Gasteiger partial charge >= 0.3 is 0 Å². The first-order chi connectivity index (χ1) is 7.79. The second-order valence-electron chi connectivity index (χ2n) is 3.72. The molecule has 0 aliphatic rings. The van der Waals surface area contributed by atoms with E-state index in [0.717, 1.165) is 31.3 Å². The van der Waals surface area contributed by atoms with Gasteiger partial charge < -0.3 is 14.5 Å². The summed E-state index contributed by atoms with van der Waals surface area (Å²) in [6, 6.07) is 0. The Labute approximate surface area is 95.1 Å². The maximum absolute atomic E-state index is 4.43. The van der Waals surface area contributed by atoms with Crippen molar-refractivity contribution in [2.24, 2.45) is 0 Å². The molecular weight excluding hydrogens is 202 g/mol. The predicted molar refractivity (Wildman–Crippen MR) is 63.4 cm³/mol. The number of nitrogens with zero attached hydrogens (tertiary/aromatic N) is 4. The van der Waals surface area contributed by atoms with E-state index in [2.05, 4.69) is 33.0 Å². The Bertz CT molecular complexity index is 429. The van der Waals surface area contributed by atoms with Crippen LogP contribution >= 0.6 is 0 Å². The zero-order chi connectivity index (χ0) is 11.4. The minimum atomic E-state index is 0.854. The van der Waals surface area contributed by atoms with Crippen LogP contribution < -0.4 is 5.32 Å². The molecule has 0 atom stereocenters. The van der Waals surface area contributed by atoms with Crippen LogP contribution in [0.5, 0.6) is 0 Å². The van der Waals surface area contributed by atoms with Crippen molar-refractivity contribution in [2.45, 2.75) is 26.9 Å². The Morgan fingerprint density at radius 3 is 3.00 bits per heavy atom. The summed E-state index contributed by atoms with van der Waals surface area (Å²) in [7, 11) is 0. The van der Waals surface area contributed by atoms with Gasteiger partial charge in [-0.15, -0.1) is 0 Å². The third-order valence-corrected chi connectivity index (χ3v) is 2.45. The minimum absolute atomic E-state index is 0.854. The third-order valence-electron chi connectivity index (χ3n) is 2.45. The van der Waals surface area contributed by atoms with Crippen molar-refractivity contribution in [2.75, 3.05) is 11.9 Å². The molecule has 0 saturated heterocycles. The number of aryl methyl sites for hydroxylation is 2. The number of aromatic nitrogens is 4. The van der Waals surface area contributed by atoms with Gasteiger partial charge in [0.1, 0.15) is 0 Å². The number of nitrogens with one attached hydrogen (secondary N) is 1. The lowest BCUT2D eigenvalue weighted by Crippen LogP contribution is -2.12. The second kappa shape index (κ2) is 4.83. The summed E-state index contributed by atoms with van der Waals surface area (Å²) in [6.07, 6.45) is 7.62. The molecule has 2 heterocycles. The summed E-state index contributed by atoms with van der Waals surface area (Å²) in [5, 5.41) is 3.33. The molecule has 0 saturated carbocycles. The highest BCUT2D eigenvalue weighted by Gasteiger charge is 2.02. The summed E-state index contributed by atoms with van der Waals surface area (Å²) in [5.74, 6) is 0.945. The van der Waals surface area contributed by atoms with Gasteiger partial charge in [-0.25, -0.2) is 9.97 Å². The molecule has 5 nitrogen and oxygen atoms in total. The van der Waals surface area contributed by atoms with E-state index in [1.165, 1.54) is 0 Å². The van der Waals surface area contributed by atoms with Gasteiger partial charge in [0.15, 0.2) is 0 Å². The summed E-state index contributed by atoms with van der Waals surface area (Å²) >= 11 is 0. The van der Waals surface area contributed by atoms with E-state index in [9.17, 15) is 0 Å². The SMILES string of the molecule is CCn1cc(C)nc1NCCn1ccnc1. The van der Waals surface area contributed by atoms with Gasteiger partial charge in [0, 0.05) is 38.2 Å². The van der Waals surface area contributed by atoms with Crippen molar-refractivity contribution < 1.29 is 0 Å². The molecule has 5 heteroatoms. The van der Waals surface area contributed by atoms with Crippen molar-refractivity contribution in [1.29, 1.82) is 0 Å². The van der Waals surface area contributed by atoms with Crippen molar-refractivity contribution in [1.82, 2.24) is 19.1 Å². The second-order valence-corrected chi connectivity index (χ2v) is 3.72. The van der Waals surface area contributed by atoms with Gasteiger partial charge in [-0.05, 0) is 13.8 Å². The molecule has 0 unspecified atom stereocenters. The van der Waals surface area contributed by atoms with E-state index >= 15 is 0 Å².